The van der Waals surface area contributed by atoms with Crippen LogP contribution in [-0.2, 0) is 29.1 Å². The van der Waals surface area contributed by atoms with Crippen molar-refractivity contribution in [2.24, 2.45) is 0 Å². The summed E-state index contributed by atoms with van der Waals surface area (Å²) >= 11 is 5.92. The van der Waals surface area contributed by atoms with Gasteiger partial charge in [-0.15, -0.1) is 0 Å². The van der Waals surface area contributed by atoms with E-state index in [1.807, 2.05) is 42.5 Å². The van der Waals surface area contributed by atoms with Crippen LogP contribution >= 0.6 is 11.6 Å². The van der Waals surface area contributed by atoms with Crippen LogP contribution in [0.3, 0.4) is 0 Å². The maximum atomic E-state index is 13.3. The third kappa shape index (κ3) is 6.66. The SMILES string of the molecule is CC(=O)N(Cc1ccc(F)cc1)C(Cc1ccccc1)C(=O)NCc1ccc(Cl)cc1. The summed E-state index contributed by atoms with van der Waals surface area (Å²) in [6.45, 7) is 1.97. The molecule has 3 aromatic carbocycles. The Kier molecular flexibility index (Phi) is 7.79. The lowest BCUT2D eigenvalue weighted by Crippen LogP contribution is -2.49. The highest BCUT2D eigenvalue weighted by Gasteiger charge is 2.28. The molecule has 0 aliphatic heterocycles. The molecule has 1 N–H and O–H groups in total. The molecular weight excluding hydrogens is 415 g/mol. The summed E-state index contributed by atoms with van der Waals surface area (Å²) in [7, 11) is 0. The highest BCUT2D eigenvalue weighted by atomic mass is 35.5. The summed E-state index contributed by atoms with van der Waals surface area (Å²) in [6, 6.07) is 22.0. The Morgan fingerprint density at radius 3 is 2.13 bits per heavy atom. The van der Waals surface area contributed by atoms with Gasteiger partial charge in [0.1, 0.15) is 11.9 Å². The third-order valence-corrected chi connectivity index (χ3v) is 5.25. The summed E-state index contributed by atoms with van der Waals surface area (Å²) in [5, 5.41) is 3.56. The van der Waals surface area contributed by atoms with Gasteiger partial charge in [0.05, 0.1) is 0 Å². The second-order valence-electron chi connectivity index (χ2n) is 7.32. The zero-order valence-corrected chi connectivity index (χ0v) is 18.0. The molecule has 0 aliphatic carbocycles. The van der Waals surface area contributed by atoms with Crippen LogP contribution in [0, 0.1) is 5.82 Å². The van der Waals surface area contributed by atoms with E-state index in [1.165, 1.54) is 24.0 Å². The molecule has 0 saturated heterocycles. The predicted octanol–water partition coefficient (Wildman–Crippen LogP) is 4.76. The Morgan fingerprint density at radius 1 is 0.903 bits per heavy atom. The number of carbonyl (C=O) groups excluding carboxylic acids is 2. The van der Waals surface area contributed by atoms with Gasteiger partial charge in [-0.3, -0.25) is 9.59 Å². The normalized spacial score (nSPS) is 11.6. The van der Waals surface area contributed by atoms with E-state index in [4.69, 9.17) is 11.6 Å². The van der Waals surface area contributed by atoms with Gasteiger partial charge in [0.25, 0.3) is 0 Å². The maximum Gasteiger partial charge on any atom is 0.243 e. The van der Waals surface area contributed by atoms with Crippen LogP contribution in [0.15, 0.2) is 78.9 Å². The minimum atomic E-state index is -0.711. The fraction of sp³-hybridized carbons (Fsp3) is 0.200. The first kappa shape index (κ1) is 22.5. The summed E-state index contributed by atoms with van der Waals surface area (Å²) < 4.78 is 13.3. The zero-order chi connectivity index (χ0) is 22.2. The van der Waals surface area contributed by atoms with Crippen molar-refractivity contribution < 1.29 is 14.0 Å². The molecule has 3 aromatic rings. The van der Waals surface area contributed by atoms with E-state index < -0.39 is 6.04 Å². The number of benzene rings is 3. The molecule has 31 heavy (non-hydrogen) atoms. The topological polar surface area (TPSA) is 49.4 Å². The van der Waals surface area contributed by atoms with Crippen molar-refractivity contribution in [3.8, 4) is 0 Å². The Morgan fingerprint density at radius 2 is 1.52 bits per heavy atom. The van der Waals surface area contributed by atoms with Gasteiger partial charge in [0.2, 0.25) is 11.8 Å². The first-order valence-electron chi connectivity index (χ1n) is 10.00. The second kappa shape index (κ2) is 10.7. The van der Waals surface area contributed by atoms with Gasteiger partial charge in [-0.1, -0.05) is 66.2 Å². The average Bonchev–Trinajstić information content (AvgIpc) is 2.77. The van der Waals surface area contributed by atoms with Gasteiger partial charge >= 0.3 is 0 Å². The molecule has 0 spiro atoms. The molecule has 1 unspecified atom stereocenters. The lowest BCUT2D eigenvalue weighted by atomic mass is 10.0. The van der Waals surface area contributed by atoms with Gasteiger partial charge in [0.15, 0.2) is 0 Å². The van der Waals surface area contributed by atoms with Crippen LogP contribution in [-0.4, -0.2) is 22.8 Å². The monoisotopic (exact) mass is 438 g/mol. The fourth-order valence-electron chi connectivity index (χ4n) is 3.32. The molecule has 0 heterocycles. The Hall–Kier alpha value is -3.18. The lowest BCUT2D eigenvalue weighted by molar-refractivity contribution is -0.139. The van der Waals surface area contributed by atoms with Crippen molar-refractivity contribution in [3.05, 3.63) is 106 Å². The van der Waals surface area contributed by atoms with Crippen molar-refractivity contribution in [2.75, 3.05) is 0 Å². The molecule has 0 saturated carbocycles. The highest BCUT2D eigenvalue weighted by Crippen LogP contribution is 2.16. The minimum absolute atomic E-state index is 0.210. The predicted molar refractivity (Wildman–Crippen MR) is 120 cm³/mol. The molecule has 0 aliphatic rings. The van der Waals surface area contributed by atoms with Gasteiger partial charge in [-0.05, 0) is 41.0 Å². The molecule has 0 radical (unpaired) electrons. The molecule has 2 amide bonds. The number of hydrogen-bond acceptors (Lipinski definition) is 2. The number of nitrogens with zero attached hydrogens (tertiary/aromatic N) is 1. The molecule has 3 rings (SSSR count). The Bertz CT molecular complexity index is 1010. The van der Waals surface area contributed by atoms with Crippen molar-refractivity contribution in [3.63, 3.8) is 0 Å². The van der Waals surface area contributed by atoms with Crippen molar-refractivity contribution in [1.29, 1.82) is 0 Å². The quantitative estimate of drug-likeness (QED) is 0.551. The molecule has 0 bridgehead atoms. The second-order valence-corrected chi connectivity index (χ2v) is 7.76. The van der Waals surface area contributed by atoms with E-state index in [2.05, 4.69) is 5.32 Å². The first-order chi connectivity index (χ1) is 14.9. The van der Waals surface area contributed by atoms with E-state index in [-0.39, 0.29) is 24.2 Å². The molecule has 6 heteroatoms. The number of halogens is 2. The Labute approximate surface area is 186 Å². The van der Waals surface area contributed by atoms with Crippen molar-refractivity contribution in [2.45, 2.75) is 32.5 Å². The van der Waals surface area contributed by atoms with Gasteiger partial charge in [-0.2, -0.15) is 0 Å². The average molecular weight is 439 g/mol. The van der Waals surface area contributed by atoms with Gasteiger partial charge in [-0.25, -0.2) is 4.39 Å². The number of hydrogen-bond donors (Lipinski definition) is 1. The first-order valence-corrected chi connectivity index (χ1v) is 10.4. The summed E-state index contributed by atoms with van der Waals surface area (Å²) in [5.74, 6) is -0.831. The number of rotatable bonds is 8. The van der Waals surface area contributed by atoms with Crippen LogP contribution in [0.4, 0.5) is 4.39 Å². The van der Waals surface area contributed by atoms with Gasteiger partial charge < -0.3 is 10.2 Å². The van der Waals surface area contributed by atoms with Crippen LogP contribution in [0.2, 0.25) is 5.02 Å². The summed E-state index contributed by atoms with van der Waals surface area (Å²) in [4.78, 5) is 27.2. The van der Waals surface area contributed by atoms with E-state index >= 15 is 0 Å². The minimum Gasteiger partial charge on any atom is -0.350 e. The molecule has 0 fully saturated rings. The number of carbonyl (C=O) groups is 2. The largest absolute Gasteiger partial charge is 0.350 e. The van der Waals surface area contributed by atoms with Crippen molar-refractivity contribution >= 4 is 23.4 Å². The van der Waals surface area contributed by atoms with E-state index in [0.29, 0.717) is 18.0 Å². The molecule has 1 atom stereocenters. The number of amides is 2. The van der Waals surface area contributed by atoms with E-state index in [9.17, 15) is 14.0 Å². The molecule has 160 valence electrons. The van der Waals surface area contributed by atoms with Crippen molar-refractivity contribution in [1.82, 2.24) is 10.2 Å². The summed E-state index contributed by atoms with van der Waals surface area (Å²) in [6.07, 6.45) is 0.369. The van der Waals surface area contributed by atoms with E-state index in [0.717, 1.165) is 16.7 Å². The third-order valence-electron chi connectivity index (χ3n) is 5.00. The number of nitrogens with one attached hydrogen (secondary N) is 1. The molecular formula is C25H24ClFN2O2. The highest BCUT2D eigenvalue weighted by molar-refractivity contribution is 6.30. The van der Waals surface area contributed by atoms with Crippen LogP contribution in [0.25, 0.3) is 0 Å². The zero-order valence-electron chi connectivity index (χ0n) is 17.2. The standard InChI is InChI=1S/C25H24ClFN2O2/c1-18(30)29(17-21-9-13-23(27)14-10-21)24(15-19-5-3-2-4-6-19)25(31)28-16-20-7-11-22(26)12-8-20/h2-14,24H,15-17H2,1H3,(H,28,31). The molecule has 4 nitrogen and oxygen atoms in total. The van der Waals surface area contributed by atoms with Gasteiger partial charge in [0, 0.05) is 31.5 Å². The van der Waals surface area contributed by atoms with E-state index in [1.54, 1.807) is 24.3 Å². The van der Waals surface area contributed by atoms with Crippen LogP contribution < -0.4 is 5.32 Å². The van der Waals surface area contributed by atoms with Crippen LogP contribution in [0.5, 0.6) is 0 Å². The van der Waals surface area contributed by atoms with Crippen LogP contribution in [0.1, 0.15) is 23.6 Å². The lowest BCUT2D eigenvalue weighted by Gasteiger charge is -2.30. The fourth-order valence-corrected chi connectivity index (χ4v) is 3.44. The molecule has 0 aromatic heterocycles. The maximum absolute atomic E-state index is 13.3. The smallest absolute Gasteiger partial charge is 0.243 e. The summed E-state index contributed by atoms with van der Waals surface area (Å²) in [5.41, 5.74) is 2.60. The Balaban J connectivity index is 1.81.